The van der Waals surface area contributed by atoms with Crippen LogP contribution in [0.15, 0.2) is 40.1 Å². The molecule has 0 aliphatic rings. The molecule has 0 amide bonds. The molecule has 2 rings (SSSR count). The van der Waals surface area contributed by atoms with Crippen LogP contribution in [-0.2, 0) is 4.74 Å². The standard InChI is InChI=1S/C13H11FN2O4/c1-2-20-12(18)10-7-16(13(19)15-11(10)17)9-5-3-8(14)4-6-9/h3-7H,2H2,1H3,(H,15,17,19). The summed E-state index contributed by atoms with van der Waals surface area (Å²) >= 11 is 0. The first kappa shape index (κ1) is 13.7. The Hall–Kier alpha value is -2.70. The van der Waals surface area contributed by atoms with Gasteiger partial charge in [0.25, 0.3) is 5.56 Å². The molecule has 0 bridgehead atoms. The summed E-state index contributed by atoms with van der Waals surface area (Å²) in [5.41, 5.74) is -1.53. The Bertz CT molecular complexity index is 746. The molecule has 7 heteroatoms. The van der Waals surface area contributed by atoms with Gasteiger partial charge in [-0.2, -0.15) is 0 Å². The number of hydrogen-bond acceptors (Lipinski definition) is 4. The highest BCUT2D eigenvalue weighted by atomic mass is 19.1. The number of aromatic amines is 1. The molecule has 20 heavy (non-hydrogen) atoms. The lowest BCUT2D eigenvalue weighted by Crippen LogP contribution is -2.33. The van der Waals surface area contributed by atoms with Crippen LogP contribution in [0.25, 0.3) is 5.69 Å². The normalized spacial score (nSPS) is 10.3. The zero-order valence-electron chi connectivity index (χ0n) is 10.6. The maximum atomic E-state index is 12.9. The Balaban J connectivity index is 2.57. The number of halogens is 1. The van der Waals surface area contributed by atoms with E-state index in [2.05, 4.69) is 0 Å². The number of carbonyl (C=O) groups is 1. The maximum absolute atomic E-state index is 12.9. The monoisotopic (exact) mass is 278 g/mol. The van der Waals surface area contributed by atoms with Gasteiger partial charge in [-0.15, -0.1) is 0 Å². The summed E-state index contributed by atoms with van der Waals surface area (Å²) in [6.45, 7) is 1.70. The van der Waals surface area contributed by atoms with E-state index in [1.807, 2.05) is 4.98 Å². The number of aromatic nitrogens is 2. The lowest BCUT2D eigenvalue weighted by molar-refractivity contribution is 0.0523. The highest BCUT2D eigenvalue weighted by Gasteiger charge is 2.14. The van der Waals surface area contributed by atoms with Crippen LogP contribution < -0.4 is 11.2 Å². The summed E-state index contributed by atoms with van der Waals surface area (Å²) in [5.74, 6) is -1.29. The lowest BCUT2D eigenvalue weighted by Gasteiger charge is -2.07. The minimum atomic E-state index is -0.829. The van der Waals surface area contributed by atoms with E-state index in [-0.39, 0.29) is 12.2 Å². The van der Waals surface area contributed by atoms with Crippen LogP contribution in [0.4, 0.5) is 4.39 Å². The van der Waals surface area contributed by atoms with Gasteiger partial charge in [0, 0.05) is 6.20 Å². The highest BCUT2D eigenvalue weighted by Crippen LogP contribution is 2.06. The molecule has 0 unspecified atom stereocenters. The van der Waals surface area contributed by atoms with Crippen molar-refractivity contribution >= 4 is 5.97 Å². The van der Waals surface area contributed by atoms with Crippen LogP contribution in [-0.4, -0.2) is 22.1 Å². The van der Waals surface area contributed by atoms with Crippen LogP contribution in [0.5, 0.6) is 0 Å². The number of nitrogens with zero attached hydrogens (tertiary/aromatic N) is 1. The van der Waals surface area contributed by atoms with Crippen molar-refractivity contribution in [2.75, 3.05) is 6.61 Å². The molecule has 0 atom stereocenters. The average Bonchev–Trinajstić information content (AvgIpc) is 2.40. The molecule has 0 fully saturated rings. The molecule has 0 saturated carbocycles. The van der Waals surface area contributed by atoms with Crippen molar-refractivity contribution in [1.82, 2.24) is 9.55 Å². The van der Waals surface area contributed by atoms with Crippen molar-refractivity contribution in [2.45, 2.75) is 6.92 Å². The number of esters is 1. The van der Waals surface area contributed by atoms with Crippen LogP contribution >= 0.6 is 0 Å². The molecule has 0 radical (unpaired) electrons. The number of ether oxygens (including phenoxy) is 1. The predicted octanol–water partition coefficient (Wildman–Crippen LogP) is 0.842. The summed E-state index contributed by atoms with van der Waals surface area (Å²) in [4.78, 5) is 36.9. The zero-order valence-corrected chi connectivity index (χ0v) is 10.6. The molecule has 104 valence electrons. The fraction of sp³-hybridized carbons (Fsp3) is 0.154. The Labute approximate surface area is 112 Å². The minimum Gasteiger partial charge on any atom is -0.462 e. The van der Waals surface area contributed by atoms with E-state index in [0.29, 0.717) is 5.69 Å². The number of carbonyl (C=O) groups excluding carboxylic acids is 1. The second kappa shape index (κ2) is 5.52. The molecule has 1 heterocycles. The predicted molar refractivity (Wildman–Crippen MR) is 68.6 cm³/mol. The van der Waals surface area contributed by atoms with Gasteiger partial charge in [-0.3, -0.25) is 14.3 Å². The molecule has 0 aliphatic heterocycles. The van der Waals surface area contributed by atoms with Crippen molar-refractivity contribution in [3.8, 4) is 5.69 Å². The van der Waals surface area contributed by atoms with Crippen molar-refractivity contribution in [1.29, 1.82) is 0 Å². The molecule has 0 spiro atoms. The van der Waals surface area contributed by atoms with E-state index in [0.717, 1.165) is 22.9 Å². The topological polar surface area (TPSA) is 81.2 Å². The van der Waals surface area contributed by atoms with Gasteiger partial charge < -0.3 is 4.74 Å². The number of H-pyrrole nitrogens is 1. The van der Waals surface area contributed by atoms with E-state index >= 15 is 0 Å². The third-order valence-corrected chi connectivity index (χ3v) is 2.54. The van der Waals surface area contributed by atoms with E-state index in [1.165, 1.54) is 12.1 Å². The van der Waals surface area contributed by atoms with Gasteiger partial charge in [-0.1, -0.05) is 0 Å². The van der Waals surface area contributed by atoms with Crippen molar-refractivity contribution in [3.05, 3.63) is 62.7 Å². The Kier molecular flexibility index (Phi) is 3.79. The van der Waals surface area contributed by atoms with Crippen LogP contribution in [0.2, 0.25) is 0 Å². The second-order valence-electron chi connectivity index (χ2n) is 3.87. The first-order valence-corrected chi connectivity index (χ1v) is 5.82. The fourth-order valence-electron chi connectivity index (χ4n) is 1.62. The Morgan fingerprint density at radius 3 is 2.55 bits per heavy atom. The number of rotatable bonds is 3. The molecular weight excluding hydrogens is 267 g/mol. The third kappa shape index (κ3) is 2.66. The van der Waals surface area contributed by atoms with Gasteiger partial charge in [0.05, 0.1) is 12.3 Å². The molecule has 0 aliphatic carbocycles. The van der Waals surface area contributed by atoms with Gasteiger partial charge in [-0.05, 0) is 31.2 Å². The fourth-order valence-corrected chi connectivity index (χ4v) is 1.62. The molecule has 1 aromatic heterocycles. The summed E-state index contributed by atoms with van der Waals surface area (Å²) in [6.07, 6.45) is 1.08. The van der Waals surface area contributed by atoms with Crippen molar-refractivity contribution < 1.29 is 13.9 Å². The van der Waals surface area contributed by atoms with Crippen LogP contribution in [0.1, 0.15) is 17.3 Å². The molecule has 0 saturated heterocycles. The number of hydrogen-bond donors (Lipinski definition) is 1. The van der Waals surface area contributed by atoms with E-state index < -0.39 is 23.0 Å². The summed E-state index contributed by atoms with van der Waals surface area (Å²) in [7, 11) is 0. The Morgan fingerprint density at radius 2 is 1.95 bits per heavy atom. The van der Waals surface area contributed by atoms with Crippen LogP contribution in [0, 0.1) is 5.82 Å². The second-order valence-corrected chi connectivity index (χ2v) is 3.87. The van der Waals surface area contributed by atoms with E-state index in [1.54, 1.807) is 6.92 Å². The SMILES string of the molecule is CCOC(=O)c1cn(-c2ccc(F)cc2)c(=O)[nH]c1=O. The van der Waals surface area contributed by atoms with Gasteiger partial charge in [-0.25, -0.2) is 14.0 Å². The third-order valence-electron chi connectivity index (χ3n) is 2.54. The minimum absolute atomic E-state index is 0.105. The van der Waals surface area contributed by atoms with Crippen molar-refractivity contribution in [3.63, 3.8) is 0 Å². The van der Waals surface area contributed by atoms with Crippen molar-refractivity contribution in [2.24, 2.45) is 0 Å². The molecular formula is C13H11FN2O4. The number of benzene rings is 1. The smallest absolute Gasteiger partial charge is 0.345 e. The summed E-state index contributed by atoms with van der Waals surface area (Å²) in [5, 5.41) is 0. The molecule has 2 aromatic rings. The van der Waals surface area contributed by atoms with Gasteiger partial charge >= 0.3 is 11.7 Å². The molecule has 1 aromatic carbocycles. The Morgan fingerprint density at radius 1 is 1.30 bits per heavy atom. The highest BCUT2D eigenvalue weighted by molar-refractivity contribution is 5.88. The average molecular weight is 278 g/mol. The van der Waals surface area contributed by atoms with Gasteiger partial charge in [0.1, 0.15) is 11.4 Å². The lowest BCUT2D eigenvalue weighted by atomic mass is 10.3. The van der Waals surface area contributed by atoms with E-state index in [9.17, 15) is 18.8 Å². The molecule has 1 N–H and O–H groups in total. The number of nitrogens with one attached hydrogen (secondary N) is 1. The first-order valence-electron chi connectivity index (χ1n) is 5.82. The van der Waals surface area contributed by atoms with Gasteiger partial charge in [0.15, 0.2) is 0 Å². The largest absolute Gasteiger partial charge is 0.462 e. The zero-order chi connectivity index (χ0) is 14.7. The molecule has 6 nitrogen and oxygen atoms in total. The van der Waals surface area contributed by atoms with E-state index in [4.69, 9.17) is 4.74 Å². The summed E-state index contributed by atoms with van der Waals surface area (Å²) in [6, 6.07) is 5.03. The van der Waals surface area contributed by atoms with Gasteiger partial charge in [0.2, 0.25) is 0 Å². The first-order chi connectivity index (χ1) is 9.52. The maximum Gasteiger partial charge on any atom is 0.345 e. The van der Waals surface area contributed by atoms with Crippen LogP contribution in [0.3, 0.4) is 0 Å². The summed E-state index contributed by atoms with van der Waals surface area (Å²) < 4.78 is 18.6. The quantitative estimate of drug-likeness (QED) is 0.844.